The molecular formula is C35H29N4O2Pt-. The van der Waals surface area contributed by atoms with E-state index in [4.69, 9.17) is 14.4 Å². The zero-order valence-electron chi connectivity index (χ0n) is 23.7. The van der Waals surface area contributed by atoms with Crippen molar-refractivity contribution >= 4 is 32.8 Å². The summed E-state index contributed by atoms with van der Waals surface area (Å²) in [5.41, 5.74) is 7.75. The third-order valence-electron chi connectivity index (χ3n) is 7.70. The second kappa shape index (κ2) is 10.8. The molecule has 0 unspecified atom stereocenters. The second-order valence-electron chi connectivity index (χ2n) is 11.0. The summed E-state index contributed by atoms with van der Waals surface area (Å²) >= 11 is 0. The molecule has 4 aromatic heterocycles. The number of benzene rings is 3. The Morgan fingerprint density at radius 3 is 2.31 bits per heavy atom. The van der Waals surface area contributed by atoms with Crippen LogP contribution in [0.3, 0.4) is 0 Å². The van der Waals surface area contributed by atoms with Crippen LogP contribution in [0.15, 0.2) is 89.6 Å². The van der Waals surface area contributed by atoms with Crippen molar-refractivity contribution in [2.75, 3.05) is 0 Å². The van der Waals surface area contributed by atoms with Gasteiger partial charge in [0.2, 0.25) is 5.88 Å². The Balaban J connectivity index is 0.00000316. The first-order valence-electron chi connectivity index (χ1n) is 13.9. The standard InChI is InChI=1S/C35H29N4O2.Pt/c1-20(2)23-12-8-13-24(21(3)4)33(23)39-19-28(38-34(39)26-14-7-10-22-9-5-6-11-25(22)26)27-15-16-30-32(37-27)31-29(41-30)17-18-36-35(31)40;/h5-10,12-21H,1-4H3,(H,36,40);/q-1;. The molecule has 0 radical (unpaired) electrons. The fraction of sp³-hybridized carbons (Fsp3) is 0.171. The van der Waals surface area contributed by atoms with E-state index in [1.807, 2.05) is 24.3 Å². The van der Waals surface area contributed by atoms with Crippen molar-refractivity contribution in [1.29, 1.82) is 0 Å². The fourth-order valence-corrected chi connectivity index (χ4v) is 5.70. The van der Waals surface area contributed by atoms with Crippen LogP contribution in [-0.2, 0) is 21.1 Å². The van der Waals surface area contributed by atoms with Crippen LogP contribution in [0.2, 0.25) is 0 Å². The molecule has 1 N–H and O–H groups in total. The molecule has 0 aliphatic heterocycles. The van der Waals surface area contributed by atoms with Gasteiger partial charge in [0.1, 0.15) is 28.0 Å². The molecule has 0 fully saturated rings. The van der Waals surface area contributed by atoms with Gasteiger partial charge in [0, 0.05) is 39.5 Å². The van der Waals surface area contributed by atoms with Crippen LogP contribution in [0.4, 0.5) is 0 Å². The molecule has 212 valence electrons. The number of hydrogen-bond donors (Lipinski definition) is 1. The zero-order valence-corrected chi connectivity index (χ0v) is 26.0. The maximum Gasteiger partial charge on any atom is 0.224 e. The normalized spacial score (nSPS) is 11.7. The summed E-state index contributed by atoms with van der Waals surface area (Å²) in [7, 11) is 0. The van der Waals surface area contributed by atoms with Crippen molar-refractivity contribution < 1.29 is 30.6 Å². The van der Waals surface area contributed by atoms with E-state index in [2.05, 4.69) is 92.0 Å². The molecule has 7 aromatic rings. The third kappa shape index (κ3) is 4.51. The summed E-state index contributed by atoms with van der Waals surface area (Å²) in [6.45, 7) is 8.91. The largest absolute Gasteiger partial charge is 0.493 e. The van der Waals surface area contributed by atoms with Crippen LogP contribution in [0.5, 0.6) is 5.88 Å². The number of aromatic hydroxyl groups is 1. The van der Waals surface area contributed by atoms with E-state index in [9.17, 15) is 5.11 Å². The van der Waals surface area contributed by atoms with E-state index in [1.165, 1.54) is 17.3 Å². The predicted molar refractivity (Wildman–Crippen MR) is 163 cm³/mol. The average Bonchev–Trinajstić information content (AvgIpc) is 3.58. The molecule has 7 rings (SSSR count). The van der Waals surface area contributed by atoms with Crippen molar-refractivity contribution in [2.24, 2.45) is 0 Å². The van der Waals surface area contributed by atoms with Gasteiger partial charge >= 0.3 is 0 Å². The maximum absolute atomic E-state index is 10.5. The van der Waals surface area contributed by atoms with Crippen LogP contribution in [0.25, 0.3) is 61.3 Å². The Labute approximate surface area is 258 Å². The van der Waals surface area contributed by atoms with E-state index in [0.717, 1.165) is 33.5 Å². The van der Waals surface area contributed by atoms with Gasteiger partial charge in [-0.25, -0.2) is 15.0 Å². The SMILES string of the molecule is CC(C)c1cccc(C(C)C)c1-n1cc(-c2ccc3oc4ccnc(O)c4c3n2)nc1-c1cccc2ccc[c-]c12.[Pt]. The van der Waals surface area contributed by atoms with Crippen molar-refractivity contribution in [3.8, 4) is 34.3 Å². The quantitative estimate of drug-likeness (QED) is 0.179. The minimum atomic E-state index is -0.101. The van der Waals surface area contributed by atoms with Crippen molar-refractivity contribution in [3.63, 3.8) is 0 Å². The molecule has 0 amide bonds. The Morgan fingerprint density at radius 1 is 0.810 bits per heavy atom. The molecule has 0 atom stereocenters. The fourth-order valence-electron chi connectivity index (χ4n) is 5.70. The number of imidazole rings is 1. The predicted octanol–water partition coefficient (Wildman–Crippen LogP) is 8.80. The molecular weight excluding hydrogens is 703 g/mol. The molecule has 0 saturated carbocycles. The van der Waals surface area contributed by atoms with E-state index < -0.39 is 0 Å². The molecule has 4 heterocycles. The van der Waals surface area contributed by atoms with Crippen LogP contribution in [0.1, 0.15) is 50.7 Å². The molecule has 0 spiro atoms. The molecule has 7 heteroatoms. The van der Waals surface area contributed by atoms with E-state index in [-0.39, 0.29) is 26.9 Å². The van der Waals surface area contributed by atoms with Crippen LogP contribution < -0.4 is 0 Å². The molecule has 0 aliphatic rings. The maximum atomic E-state index is 10.5. The molecule has 3 aromatic carbocycles. The number of hydrogen-bond acceptors (Lipinski definition) is 5. The van der Waals surface area contributed by atoms with Crippen molar-refractivity contribution in [2.45, 2.75) is 39.5 Å². The number of nitrogens with zero attached hydrogens (tertiary/aromatic N) is 4. The topological polar surface area (TPSA) is 77.0 Å². The summed E-state index contributed by atoms with van der Waals surface area (Å²) in [6.07, 6.45) is 3.60. The van der Waals surface area contributed by atoms with Gasteiger partial charge < -0.3 is 14.1 Å². The summed E-state index contributed by atoms with van der Waals surface area (Å²) < 4.78 is 8.16. The van der Waals surface area contributed by atoms with E-state index >= 15 is 0 Å². The first-order valence-corrected chi connectivity index (χ1v) is 13.9. The summed E-state index contributed by atoms with van der Waals surface area (Å²) in [5, 5.41) is 13.1. The molecule has 0 saturated heterocycles. The van der Waals surface area contributed by atoms with Gasteiger partial charge in [0.05, 0.1) is 11.4 Å². The van der Waals surface area contributed by atoms with Crippen molar-refractivity contribution in [3.05, 3.63) is 102 Å². The third-order valence-corrected chi connectivity index (χ3v) is 7.70. The Morgan fingerprint density at radius 2 is 1.55 bits per heavy atom. The first-order chi connectivity index (χ1) is 19.9. The molecule has 42 heavy (non-hydrogen) atoms. The Hall–Kier alpha value is -4.28. The first kappa shape index (κ1) is 27.9. The number of furan rings is 1. The van der Waals surface area contributed by atoms with Crippen molar-refractivity contribution in [1.82, 2.24) is 19.5 Å². The molecule has 6 nitrogen and oxygen atoms in total. The van der Waals surface area contributed by atoms with E-state index in [0.29, 0.717) is 39.6 Å². The van der Waals surface area contributed by atoms with Gasteiger partial charge in [-0.2, -0.15) is 0 Å². The minimum Gasteiger partial charge on any atom is -0.493 e. The summed E-state index contributed by atoms with van der Waals surface area (Å²) in [6, 6.07) is 27.9. The monoisotopic (exact) mass is 732 g/mol. The van der Waals surface area contributed by atoms with Crippen LogP contribution in [0, 0.1) is 6.07 Å². The summed E-state index contributed by atoms with van der Waals surface area (Å²) in [5.74, 6) is 1.34. The average molecular weight is 733 g/mol. The number of fused-ring (bicyclic) bond motifs is 4. The molecule has 0 bridgehead atoms. The minimum absolute atomic E-state index is 0. The summed E-state index contributed by atoms with van der Waals surface area (Å²) in [4.78, 5) is 14.2. The van der Waals surface area contributed by atoms with E-state index in [1.54, 1.807) is 6.07 Å². The Bertz CT molecular complexity index is 2060. The van der Waals surface area contributed by atoms with Gasteiger partial charge in [-0.3, -0.25) is 0 Å². The Kier molecular flexibility index (Phi) is 7.20. The van der Waals surface area contributed by atoms with Crippen LogP contribution in [-0.4, -0.2) is 24.6 Å². The zero-order chi connectivity index (χ0) is 28.2. The van der Waals surface area contributed by atoms with Gasteiger partial charge in [-0.05, 0) is 35.1 Å². The second-order valence-corrected chi connectivity index (χ2v) is 11.0. The number of pyridine rings is 2. The van der Waals surface area contributed by atoms with Crippen LogP contribution >= 0.6 is 0 Å². The van der Waals surface area contributed by atoms with Gasteiger partial charge in [0.25, 0.3) is 0 Å². The molecule has 0 aliphatic carbocycles. The van der Waals surface area contributed by atoms with Gasteiger partial charge in [0.15, 0.2) is 5.58 Å². The number of para-hydroxylation sites is 1. The van der Waals surface area contributed by atoms with Gasteiger partial charge in [-0.1, -0.05) is 69.7 Å². The number of aromatic nitrogens is 4. The number of rotatable bonds is 5. The van der Waals surface area contributed by atoms with Gasteiger partial charge in [-0.15, -0.1) is 35.0 Å². The smallest absolute Gasteiger partial charge is 0.224 e.